The Labute approximate surface area is 124 Å². The molecule has 3 rings (SSSR count). The molecular formula is C14H15BrFN3O. The largest absolute Gasteiger partial charge is 0.489 e. The second kappa shape index (κ2) is 5.09. The van der Waals surface area contributed by atoms with Crippen LogP contribution < -0.4 is 10.5 Å². The average molecular weight is 340 g/mol. The topological polar surface area (TPSA) is 53.1 Å². The molecule has 0 atom stereocenters. The number of nitrogens with zero attached hydrogens (tertiary/aromatic N) is 2. The minimum atomic E-state index is -0.336. The monoisotopic (exact) mass is 339 g/mol. The van der Waals surface area contributed by atoms with E-state index in [0.29, 0.717) is 27.3 Å². The minimum Gasteiger partial charge on any atom is -0.489 e. The Balaban J connectivity index is 2.06. The average Bonchev–Trinajstić information content (AvgIpc) is 2.65. The first-order valence-corrected chi connectivity index (χ1v) is 7.29. The van der Waals surface area contributed by atoms with E-state index >= 15 is 0 Å². The van der Waals surface area contributed by atoms with Crippen LogP contribution in [-0.2, 0) is 7.05 Å². The quantitative estimate of drug-likeness (QED) is 0.930. The molecule has 4 nitrogen and oxygen atoms in total. The van der Waals surface area contributed by atoms with Gasteiger partial charge in [-0.25, -0.2) is 4.39 Å². The van der Waals surface area contributed by atoms with Crippen molar-refractivity contribution in [1.82, 2.24) is 9.78 Å². The van der Waals surface area contributed by atoms with Crippen molar-refractivity contribution in [3.63, 3.8) is 0 Å². The van der Waals surface area contributed by atoms with Crippen molar-refractivity contribution in [3.05, 3.63) is 28.5 Å². The molecule has 1 aliphatic carbocycles. The summed E-state index contributed by atoms with van der Waals surface area (Å²) in [6, 6.07) is 4.55. The smallest absolute Gasteiger partial charge is 0.143 e. The van der Waals surface area contributed by atoms with Gasteiger partial charge in [0.2, 0.25) is 0 Å². The fraction of sp³-hybridized carbons (Fsp3) is 0.357. The van der Waals surface area contributed by atoms with Crippen molar-refractivity contribution in [3.8, 4) is 17.0 Å². The Hall–Kier alpha value is -1.56. The summed E-state index contributed by atoms with van der Waals surface area (Å²) < 4.78 is 21.8. The predicted octanol–water partition coefficient (Wildman–Crippen LogP) is 3.50. The highest BCUT2D eigenvalue weighted by Gasteiger charge is 2.23. The van der Waals surface area contributed by atoms with Crippen LogP contribution in [0.3, 0.4) is 0 Å². The Kier molecular flexibility index (Phi) is 3.41. The van der Waals surface area contributed by atoms with Gasteiger partial charge in [-0.3, -0.25) is 4.68 Å². The lowest BCUT2D eigenvalue weighted by Gasteiger charge is -2.28. The van der Waals surface area contributed by atoms with Crippen LogP contribution in [0.15, 0.2) is 22.7 Å². The van der Waals surface area contributed by atoms with E-state index in [-0.39, 0.29) is 11.9 Å². The summed E-state index contributed by atoms with van der Waals surface area (Å²) in [6.07, 6.45) is 3.45. The van der Waals surface area contributed by atoms with Gasteiger partial charge in [-0.2, -0.15) is 5.10 Å². The van der Waals surface area contributed by atoms with Crippen molar-refractivity contribution >= 4 is 21.7 Å². The van der Waals surface area contributed by atoms with Gasteiger partial charge in [-0.1, -0.05) is 0 Å². The van der Waals surface area contributed by atoms with E-state index in [4.69, 9.17) is 10.5 Å². The van der Waals surface area contributed by atoms with Gasteiger partial charge in [0.1, 0.15) is 17.4 Å². The molecule has 0 spiro atoms. The zero-order valence-electron chi connectivity index (χ0n) is 11.1. The van der Waals surface area contributed by atoms with Crippen LogP contribution in [0.4, 0.5) is 10.2 Å². The number of hydrogen-bond acceptors (Lipinski definition) is 3. The van der Waals surface area contributed by atoms with E-state index < -0.39 is 0 Å². The Morgan fingerprint density at radius 2 is 2.15 bits per heavy atom. The maximum absolute atomic E-state index is 13.7. The van der Waals surface area contributed by atoms with Crippen LogP contribution in [0, 0.1) is 5.82 Å². The van der Waals surface area contributed by atoms with E-state index in [0.717, 1.165) is 12.8 Å². The van der Waals surface area contributed by atoms with E-state index in [1.54, 1.807) is 17.8 Å². The molecule has 1 aromatic carbocycles. The lowest BCUT2D eigenvalue weighted by molar-refractivity contribution is 0.120. The second-order valence-corrected chi connectivity index (χ2v) is 5.87. The molecule has 0 amide bonds. The van der Waals surface area contributed by atoms with Crippen molar-refractivity contribution in [1.29, 1.82) is 0 Å². The summed E-state index contributed by atoms with van der Waals surface area (Å²) in [4.78, 5) is 0. The van der Waals surface area contributed by atoms with Crippen molar-refractivity contribution in [2.45, 2.75) is 25.4 Å². The first kappa shape index (κ1) is 13.4. The predicted molar refractivity (Wildman–Crippen MR) is 79.0 cm³/mol. The lowest BCUT2D eigenvalue weighted by atomic mass is 9.96. The number of ether oxygens (including phenoxy) is 1. The molecule has 1 aromatic heterocycles. The molecule has 1 aliphatic rings. The SMILES string of the molecule is Cn1nc(-c2cc(F)cc(Br)c2OC2CCC2)cc1N. The summed E-state index contributed by atoms with van der Waals surface area (Å²) in [7, 11) is 1.75. The molecule has 6 heteroatoms. The van der Waals surface area contributed by atoms with Gasteiger partial charge in [-0.15, -0.1) is 0 Å². The molecule has 2 N–H and O–H groups in total. The number of benzene rings is 1. The zero-order chi connectivity index (χ0) is 14.3. The van der Waals surface area contributed by atoms with Crippen LogP contribution in [-0.4, -0.2) is 15.9 Å². The highest BCUT2D eigenvalue weighted by Crippen LogP contribution is 2.40. The number of rotatable bonds is 3. The van der Waals surface area contributed by atoms with E-state index in [1.807, 2.05) is 0 Å². The Morgan fingerprint density at radius 1 is 1.40 bits per heavy atom. The molecule has 0 bridgehead atoms. The van der Waals surface area contributed by atoms with Crippen LogP contribution >= 0.6 is 15.9 Å². The van der Waals surface area contributed by atoms with Gasteiger partial charge in [0.15, 0.2) is 0 Å². The van der Waals surface area contributed by atoms with Crippen LogP contribution in [0.1, 0.15) is 19.3 Å². The Morgan fingerprint density at radius 3 is 2.70 bits per heavy atom. The first-order chi connectivity index (χ1) is 9.54. The van der Waals surface area contributed by atoms with Gasteiger partial charge >= 0.3 is 0 Å². The molecule has 0 radical (unpaired) electrons. The molecule has 1 saturated carbocycles. The molecule has 0 unspecified atom stereocenters. The third-order valence-electron chi connectivity index (χ3n) is 3.54. The highest BCUT2D eigenvalue weighted by molar-refractivity contribution is 9.10. The minimum absolute atomic E-state index is 0.205. The van der Waals surface area contributed by atoms with Crippen molar-refractivity contribution < 1.29 is 9.13 Å². The number of hydrogen-bond donors (Lipinski definition) is 1. The maximum Gasteiger partial charge on any atom is 0.143 e. The summed E-state index contributed by atoms with van der Waals surface area (Å²) in [5, 5.41) is 4.30. The van der Waals surface area contributed by atoms with E-state index in [1.165, 1.54) is 18.6 Å². The normalized spacial score (nSPS) is 15.2. The first-order valence-electron chi connectivity index (χ1n) is 6.50. The molecule has 106 valence electrons. The molecule has 1 fully saturated rings. The second-order valence-electron chi connectivity index (χ2n) is 5.01. The fourth-order valence-electron chi connectivity index (χ4n) is 2.14. The van der Waals surface area contributed by atoms with Crippen molar-refractivity contribution in [2.24, 2.45) is 7.05 Å². The van der Waals surface area contributed by atoms with Gasteiger partial charge in [0, 0.05) is 18.7 Å². The molecule has 0 saturated heterocycles. The van der Waals surface area contributed by atoms with Crippen LogP contribution in [0.5, 0.6) is 5.75 Å². The maximum atomic E-state index is 13.7. The third-order valence-corrected chi connectivity index (χ3v) is 4.13. The molecule has 20 heavy (non-hydrogen) atoms. The summed E-state index contributed by atoms with van der Waals surface area (Å²) in [5.41, 5.74) is 7.03. The molecule has 1 heterocycles. The lowest BCUT2D eigenvalue weighted by Crippen LogP contribution is -2.25. The standard InChI is InChI=1S/C14H15BrFN3O/c1-19-13(17)7-12(18-19)10-5-8(16)6-11(15)14(10)20-9-3-2-4-9/h5-7,9H,2-4,17H2,1H3. The Bertz CT molecular complexity index is 633. The highest BCUT2D eigenvalue weighted by atomic mass is 79.9. The fourth-order valence-corrected chi connectivity index (χ4v) is 2.66. The van der Waals surface area contributed by atoms with Crippen LogP contribution in [0.25, 0.3) is 11.3 Å². The van der Waals surface area contributed by atoms with Gasteiger partial charge in [-0.05, 0) is 47.3 Å². The molecule has 0 aliphatic heterocycles. The summed E-state index contributed by atoms with van der Waals surface area (Å²) >= 11 is 3.37. The summed E-state index contributed by atoms with van der Waals surface area (Å²) in [5.74, 6) is 0.821. The van der Waals surface area contributed by atoms with Gasteiger partial charge in [0.25, 0.3) is 0 Å². The number of anilines is 1. The number of aromatic nitrogens is 2. The number of nitrogens with two attached hydrogens (primary N) is 1. The molecular weight excluding hydrogens is 325 g/mol. The summed E-state index contributed by atoms with van der Waals surface area (Å²) in [6.45, 7) is 0. The van der Waals surface area contributed by atoms with E-state index in [2.05, 4.69) is 21.0 Å². The third kappa shape index (κ3) is 2.40. The zero-order valence-corrected chi connectivity index (χ0v) is 12.7. The van der Waals surface area contributed by atoms with Crippen LogP contribution in [0.2, 0.25) is 0 Å². The number of nitrogen functional groups attached to an aromatic ring is 1. The van der Waals surface area contributed by atoms with Crippen molar-refractivity contribution in [2.75, 3.05) is 5.73 Å². The number of aryl methyl sites for hydroxylation is 1. The number of halogens is 2. The van der Waals surface area contributed by atoms with Gasteiger partial charge < -0.3 is 10.5 Å². The molecule has 2 aromatic rings. The van der Waals surface area contributed by atoms with Gasteiger partial charge in [0.05, 0.1) is 16.3 Å². The van der Waals surface area contributed by atoms with E-state index in [9.17, 15) is 4.39 Å².